The Labute approximate surface area is 151 Å². The van der Waals surface area contributed by atoms with Crippen molar-refractivity contribution in [2.24, 2.45) is 0 Å². The molecule has 0 spiro atoms. The lowest BCUT2D eigenvalue weighted by Crippen LogP contribution is -2.33. The van der Waals surface area contributed by atoms with E-state index in [1.54, 1.807) is 5.32 Å². The maximum atomic E-state index is 13.8. The van der Waals surface area contributed by atoms with Crippen LogP contribution in [0, 0.1) is 5.82 Å². The van der Waals surface area contributed by atoms with Gasteiger partial charge in [0.15, 0.2) is 5.82 Å². The summed E-state index contributed by atoms with van der Waals surface area (Å²) >= 11 is 5.57. The van der Waals surface area contributed by atoms with Gasteiger partial charge in [-0.25, -0.2) is 12.8 Å². The number of nitrogens with one attached hydrogen (secondary N) is 2. The fourth-order valence-electron chi connectivity index (χ4n) is 1.85. The Balaban J connectivity index is 2.16. The maximum Gasteiger partial charge on any atom is 0.405 e. The van der Waals surface area contributed by atoms with E-state index in [1.165, 1.54) is 12.1 Å². The lowest BCUT2D eigenvalue weighted by atomic mass is 10.2. The van der Waals surface area contributed by atoms with Gasteiger partial charge in [-0.1, -0.05) is 17.7 Å². The number of carbonyl (C=O) groups excluding carboxylic acids is 1. The second-order valence-corrected chi connectivity index (χ2v) is 7.12. The molecule has 5 nitrogen and oxygen atoms in total. The van der Waals surface area contributed by atoms with Crippen LogP contribution < -0.4 is 10.0 Å². The third kappa shape index (κ3) is 5.09. The van der Waals surface area contributed by atoms with Gasteiger partial charge in [-0.05, 0) is 36.4 Å². The Bertz CT molecular complexity index is 915. The summed E-state index contributed by atoms with van der Waals surface area (Å²) in [6.45, 7) is -1.51. The highest BCUT2D eigenvalue weighted by atomic mass is 35.5. The fraction of sp³-hybridized carbons (Fsp3) is 0.133. The van der Waals surface area contributed by atoms with E-state index < -0.39 is 34.5 Å². The van der Waals surface area contributed by atoms with E-state index in [-0.39, 0.29) is 21.2 Å². The van der Waals surface area contributed by atoms with Crippen LogP contribution in [-0.4, -0.2) is 27.0 Å². The van der Waals surface area contributed by atoms with E-state index in [0.29, 0.717) is 0 Å². The SMILES string of the molecule is O=C(NCC(F)(F)F)c1ccc(S(=O)(=O)Nc2cccc(Cl)c2F)cc1. The highest BCUT2D eigenvalue weighted by molar-refractivity contribution is 7.92. The summed E-state index contributed by atoms with van der Waals surface area (Å²) in [5.74, 6) is -1.97. The molecule has 2 aromatic carbocycles. The number of amides is 1. The molecule has 0 aliphatic rings. The lowest BCUT2D eigenvalue weighted by molar-refractivity contribution is -0.123. The minimum atomic E-state index is -4.57. The predicted octanol–water partition coefficient (Wildman–Crippen LogP) is 3.57. The van der Waals surface area contributed by atoms with Crippen LogP contribution in [0.5, 0.6) is 0 Å². The van der Waals surface area contributed by atoms with Gasteiger partial charge in [-0.3, -0.25) is 9.52 Å². The highest BCUT2D eigenvalue weighted by Gasteiger charge is 2.28. The van der Waals surface area contributed by atoms with E-state index in [4.69, 9.17) is 11.6 Å². The molecule has 0 saturated heterocycles. The largest absolute Gasteiger partial charge is 0.405 e. The van der Waals surface area contributed by atoms with E-state index in [0.717, 1.165) is 30.3 Å². The number of anilines is 1. The molecule has 0 aliphatic heterocycles. The van der Waals surface area contributed by atoms with Crippen LogP contribution in [0.1, 0.15) is 10.4 Å². The van der Waals surface area contributed by atoms with Crippen LogP contribution in [0.15, 0.2) is 47.4 Å². The Morgan fingerprint density at radius 3 is 2.27 bits per heavy atom. The number of hydrogen-bond donors (Lipinski definition) is 2. The lowest BCUT2D eigenvalue weighted by Gasteiger charge is -2.11. The first-order chi connectivity index (χ1) is 12.0. The highest BCUT2D eigenvalue weighted by Crippen LogP contribution is 2.24. The van der Waals surface area contributed by atoms with Gasteiger partial charge in [0.05, 0.1) is 15.6 Å². The Hall–Kier alpha value is -2.33. The molecular formula is C15H11ClF4N2O3S. The number of carbonyl (C=O) groups is 1. The van der Waals surface area contributed by atoms with Crippen LogP contribution in [0.2, 0.25) is 5.02 Å². The van der Waals surface area contributed by atoms with Crippen molar-refractivity contribution in [3.8, 4) is 0 Å². The summed E-state index contributed by atoms with van der Waals surface area (Å²) in [6, 6.07) is 7.84. The number of benzene rings is 2. The number of alkyl halides is 3. The number of sulfonamides is 1. The third-order valence-corrected chi connectivity index (χ3v) is 4.75. The predicted molar refractivity (Wildman–Crippen MR) is 87.0 cm³/mol. The van der Waals surface area contributed by atoms with Crippen molar-refractivity contribution in [1.29, 1.82) is 0 Å². The number of rotatable bonds is 5. The first-order valence-corrected chi connectivity index (χ1v) is 8.77. The Morgan fingerprint density at radius 2 is 1.69 bits per heavy atom. The van der Waals surface area contributed by atoms with Crippen molar-refractivity contribution in [2.45, 2.75) is 11.1 Å². The molecule has 140 valence electrons. The zero-order valence-corrected chi connectivity index (χ0v) is 14.3. The van der Waals surface area contributed by atoms with Crippen molar-refractivity contribution in [2.75, 3.05) is 11.3 Å². The van der Waals surface area contributed by atoms with E-state index >= 15 is 0 Å². The minimum absolute atomic E-state index is 0.165. The maximum absolute atomic E-state index is 13.8. The van der Waals surface area contributed by atoms with Gasteiger partial charge in [-0.15, -0.1) is 0 Å². The normalized spacial score (nSPS) is 11.9. The molecule has 0 radical (unpaired) electrons. The van der Waals surface area contributed by atoms with Gasteiger partial charge in [0, 0.05) is 5.56 Å². The summed E-state index contributed by atoms with van der Waals surface area (Å²) in [5.41, 5.74) is -0.536. The molecule has 26 heavy (non-hydrogen) atoms. The molecule has 0 fully saturated rings. The monoisotopic (exact) mass is 410 g/mol. The average molecular weight is 411 g/mol. The summed E-state index contributed by atoms with van der Waals surface area (Å²) < 4.78 is 76.5. The Kier molecular flexibility index (Phi) is 5.77. The molecule has 0 aromatic heterocycles. The zero-order chi connectivity index (χ0) is 19.5. The third-order valence-electron chi connectivity index (χ3n) is 3.07. The molecule has 0 atom stereocenters. The minimum Gasteiger partial charge on any atom is -0.343 e. The van der Waals surface area contributed by atoms with Crippen LogP contribution >= 0.6 is 11.6 Å². The molecule has 11 heteroatoms. The van der Waals surface area contributed by atoms with Crippen molar-refractivity contribution in [1.82, 2.24) is 5.32 Å². The number of halogens is 5. The fourth-order valence-corrected chi connectivity index (χ4v) is 3.09. The first kappa shape index (κ1) is 20.0. The Morgan fingerprint density at radius 1 is 1.08 bits per heavy atom. The summed E-state index contributed by atoms with van der Waals surface area (Å²) in [4.78, 5) is 11.3. The molecule has 0 aliphatic carbocycles. The van der Waals surface area contributed by atoms with Crippen molar-refractivity contribution in [3.05, 3.63) is 58.9 Å². The summed E-state index contributed by atoms with van der Waals surface area (Å²) in [6.07, 6.45) is -4.57. The molecule has 2 N–H and O–H groups in total. The van der Waals surface area contributed by atoms with Crippen LogP contribution in [0.3, 0.4) is 0 Å². The average Bonchev–Trinajstić information content (AvgIpc) is 2.56. The van der Waals surface area contributed by atoms with Gasteiger partial charge in [-0.2, -0.15) is 13.2 Å². The van der Waals surface area contributed by atoms with Gasteiger partial charge in [0.2, 0.25) is 0 Å². The van der Waals surface area contributed by atoms with Crippen molar-refractivity contribution < 1.29 is 30.8 Å². The second-order valence-electron chi connectivity index (χ2n) is 5.03. The molecular weight excluding hydrogens is 400 g/mol. The van der Waals surface area contributed by atoms with Crippen LogP contribution in [0.4, 0.5) is 23.2 Å². The van der Waals surface area contributed by atoms with Crippen molar-refractivity contribution >= 4 is 33.2 Å². The second kappa shape index (κ2) is 7.50. The first-order valence-electron chi connectivity index (χ1n) is 6.91. The van der Waals surface area contributed by atoms with Crippen LogP contribution in [0.25, 0.3) is 0 Å². The van der Waals surface area contributed by atoms with Gasteiger partial charge in [0.1, 0.15) is 6.54 Å². The van der Waals surface area contributed by atoms with E-state index in [2.05, 4.69) is 0 Å². The quantitative estimate of drug-likeness (QED) is 0.740. The molecule has 2 aromatic rings. The van der Waals surface area contributed by atoms with E-state index in [9.17, 15) is 30.8 Å². The zero-order valence-electron chi connectivity index (χ0n) is 12.8. The molecule has 0 heterocycles. The molecule has 1 amide bonds. The molecule has 0 bridgehead atoms. The van der Waals surface area contributed by atoms with E-state index in [1.807, 2.05) is 4.72 Å². The molecule has 2 rings (SSSR count). The van der Waals surface area contributed by atoms with Gasteiger partial charge < -0.3 is 5.32 Å². The summed E-state index contributed by atoms with van der Waals surface area (Å²) in [7, 11) is -4.19. The standard InChI is InChI=1S/C15H11ClF4N2O3S/c16-11-2-1-3-12(13(11)17)22-26(24,25)10-6-4-9(5-7-10)14(23)21-8-15(18,19)20/h1-7,22H,8H2,(H,21,23). The smallest absolute Gasteiger partial charge is 0.343 e. The van der Waals surface area contributed by atoms with Crippen LogP contribution in [-0.2, 0) is 10.0 Å². The topological polar surface area (TPSA) is 75.3 Å². The summed E-state index contributed by atoms with van der Waals surface area (Å²) in [5, 5.41) is 1.38. The number of hydrogen-bond acceptors (Lipinski definition) is 3. The molecule has 0 saturated carbocycles. The van der Waals surface area contributed by atoms with Gasteiger partial charge in [0.25, 0.3) is 15.9 Å². The van der Waals surface area contributed by atoms with Crippen molar-refractivity contribution in [3.63, 3.8) is 0 Å². The molecule has 0 unspecified atom stereocenters. The van der Waals surface area contributed by atoms with Gasteiger partial charge >= 0.3 is 6.18 Å².